The van der Waals surface area contributed by atoms with E-state index in [9.17, 15) is 18.5 Å². The molecule has 0 saturated carbocycles. The van der Waals surface area contributed by atoms with E-state index in [2.05, 4.69) is 4.90 Å². The summed E-state index contributed by atoms with van der Waals surface area (Å²) in [5.74, 6) is 0.572. The first kappa shape index (κ1) is 18.6. The van der Waals surface area contributed by atoms with Crippen LogP contribution in [0.1, 0.15) is 12.8 Å². The molecule has 0 radical (unpaired) electrons. The zero-order valence-electron chi connectivity index (χ0n) is 14.2. The summed E-state index contributed by atoms with van der Waals surface area (Å²) in [6.07, 6.45) is 3.00. The summed E-state index contributed by atoms with van der Waals surface area (Å²) in [6.45, 7) is 5.99. The molecule has 0 atom stereocenters. The molecule has 2 fully saturated rings. The second kappa shape index (κ2) is 7.56. The minimum absolute atomic E-state index is 0.0599. The molecule has 3 rings (SSSR count). The lowest BCUT2D eigenvalue weighted by Crippen LogP contribution is -2.42. The van der Waals surface area contributed by atoms with Crippen molar-refractivity contribution in [3.05, 3.63) is 16.2 Å². The van der Waals surface area contributed by atoms with E-state index in [1.54, 1.807) is 0 Å². The van der Waals surface area contributed by atoms with Crippen molar-refractivity contribution in [2.45, 2.75) is 17.1 Å². The zero-order valence-corrected chi connectivity index (χ0v) is 15.9. The van der Waals surface area contributed by atoms with E-state index in [0.29, 0.717) is 10.9 Å². The molecule has 8 nitrogen and oxygen atoms in total. The van der Waals surface area contributed by atoms with Crippen LogP contribution in [-0.2, 0) is 14.6 Å². The maximum absolute atomic E-state index is 11.7. The van der Waals surface area contributed by atoms with Crippen LogP contribution >= 0.6 is 11.3 Å². The van der Waals surface area contributed by atoms with Crippen molar-refractivity contribution in [3.8, 4) is 0 Å². The number of thiophene rings is 1. The van der Waals surface area contributed by atoms with Crippen molar-refractivity contribution < 1.29 is 18.1 Å². The first-order valence-electron chi connectivity index (χ1n) is 8.38. The highest BCUT2D eigenvalue weighted by Crippen LogP contribution is 2.41. The van der Waals surface area contributed by atoms with Gasteiger partial charge in [0.25, 0.3) is 0 Å². The van der Waals surface area contributed by atoms with Crippen molar-refractivity contribution in [1.29, 1.82) is 0 Å². The van der Waals surface area contributed by atoms with Gasteiger partial charge in [-0.05, 0) is 18.8 Å². The Morgan fingerprint density at radius 3 is 2.48 bits per heavy atom. The topological polar surface area (TPSA) is 93.0 Å². The van der Waals surface area contributed by atoms with E-state index in [0.717, 1.165) is 76.4 Å². The Labute approximate surface area is 151 Å². The van der Waals surface area contributed by atoms with Crippen LogP contribution in [0.4, 0.5) is 10.7 Å². The monoisotopic (exact) mass is 389 g/mol. The van der Waals surface area contributed by atoms with E-state index >= 15 is 0 Å². The number of ether oxygens (including phenoxy) is 1. The number of piperidine rings is 1. The first-order chi connectivity index (χ1) is 11.8. The van der Waals surface area contributed by atoms with Crippen LogP contribution in [0, 0.1) is 16.0 Å². The average Bonchev–Trinajstić information content (AvgIpc) is 3.02. The fraction of sp³-hybridized carbons (Fsp3) is 0.733. The smallest absolute Gasteiger partial charge is 0.305 e. The molecule has 0 bridgehead atoms. The van der Waals surface area contributed by atoms with Gasteiger partial charge < -0.3 is 9.64 Å². The molecule has 10 heteroatoms. The van der Waals surface area contributed by atoms with E-state index in [4.69, 9.17) is 4.74 Å². The third-order valence-corrected chi connectivity index (χ3v) is 7.74. The van der Waals surface area contributed by atoms with Crippen LogP contribution in [0.3, 0.4) is 0 Å². The van der Waals surface area contributed by atoms with Gasteiger partial charge in [0, 0.05) is 45.0 Å². The highest BCUT2D eigenvalue weighted by molar-refractivity contribution is 7.92. The number of anilines is 1. The summed E-state index contributed by atoms with van der Waals surface area (Å²) >= 11 is 1.01. The average molecular weight is 389 g/mol. The van der Waals surface area contributed by atoms with Crippen LogP contribution < -0.4 is 4.90 Å². The molecule has 3 heterocycles. The normalized spacial score (nSPS) is 20.8. The Morgan fingerprint density at radius 2 is 1.92 bits per heavy atom. The molecule has 1 aromatic rings. The number of hydrogen-bond acceptors (Lipinski definition) is 8. The molecule has 0 aromatic carbocycles. The molecule has 0 spiro atoms. The summed E-state index contributed by atoms with van der Waals surface area (Å²) in [5.41, 5.74) is -0.0999. The molecule has 0 N–H and O–H groups in total. The number of sulfone groups is 1. The number of morpholine rings is 1. The summed E-state index contributed by atoms with van der Waals surface area (Å²) in [7, 11) is -3.44. The van der Waals surface area contributed by atoms with Crippen molar-refractivity contribution in [2.24, 2.45) is 5.92 Å². The van der Waals surface area contributed by atoms with Gasteiger partial charge in [-0.3, -0.25) is 15.0 Å². The van der Waals surface area contributed by atoms with Gasteiger partial charge in [-0.1, -0.05) is 11.3 Å². The largest absolute Gasteiger partial charge is 0.379 e. The standard InChI is InChI=1S/C15H23N3O5S2/c1-25(21,22)14-10-13(18(19)20)15(24-14)17-4-2-12(3-5-17)11-16-6-8-23-9-7-16/h10,12H,2-9,11H2,1H3. The molecule has 2 aliphatic rings. The van der Waals surface area contributed by atoms with E-state index < -0.39 is 14.8 Å². The van der Waals surface area contributed by atoms with Gasteiger partial charge in [-0.2, -0.15) is 0 Å². The molecular weight excluding hydrogens is 366 g/mol. The Hall–Kier alpha value is -1.23. The number of hydrogen-bond donors (Lipinski definition) is 0. The predicted octanol–water partition coefficient (Wildman–Crippen LogP) is 1.61. The lowest BCUT2D eigenvalue weighted by atomic mass is 9.96. The maximum Gasteiger partial charge on any atom is 0.305 e. The Kier molecular flexibility index (Phi) is 5.62. The van der Waals surface area contributed by atoms with E-state index in [1.165, 1.54) is 6.07 Å². The van der Waals surface area contributed by atoms with Crippen LogP contribution in [-0.4, -0.2) is 70.4 Å². The minimum atomic E-state index is -3.44. The SMILES string of the molecule is CS(=O)(=O)c1cc([N+](=O)[O-])c(N2CCC(CN3CCOCC3)CC2)s1. The van der Waals surface area contributed by atoms with Gasteiger partial charge in [0.05, 0.1) is 18.1 Å². The third-order valence-electron chi connectivity index (χ3n) is 4.75. The molecule has 140 valence electrons. The number of nitro groups is 1. The fourth-order valence-corrected chi connectivity index (χ4v) is 5.44. The van der Waals surface area contributed by atoms with Gasteiger partial charge in [0.15, 0.2) is 14.8 Å². The molecule has 0 aliphatic carbocycles. The van der Waals surface area contributed by atoms with Crippen LogP contribution in [0.25, 0.3) is 0 Å². The van der Waals surface area contributed by atoms with Crippen LogP contribution in [0.15, 0.2) is 10.3 Å². The number of rotatable bonds is 5. The minimum Gasteiger partial charge on any atom is -0.379 e. The van der Waals surface area contributed by atoms with Gasteiger partial charge in [-0.15, -0.1) is 0 Å². The van der Waals surface area contributed by atoms with Gasteiger partial charge in [-0.25, -0.2) is 8.42 Å². The first-order valence-corrected chi connectivity index (χ1v) is 11.1. The van der Waals surface area contributed by atoms with Gasteiger partial charge >= 0.3 is 5.69 Å². The molecule has 2 aliphatic heterocycles. The quantitative estimate of drug-likeness (QED) is 0.558. The maximum atomic E-state index is 11.7. The molecular formula is C15H23N3O5S2. The zero-order chi connectivity index (χ0) is 18.0. The second-order valence-corrected chi connectivity index (χ2v) is 9.90. The van der Waals surface area contributed by atoms with Crippen molar-refractivity contribution in [3.63, 3.8) is 0 Å². The van der Waals surface area contributed by atoms with E-state index in [1.807, 2.05) is 4.90 Å². The Bertz CT molecular complexity index is 720. The molecule has 25 heavy (non-hydrogen) atoms. The summed E-state index contributed by atoms with van der Waals surface area (Å²) in [4.78, 5) is 15.2. The number of nitrogens with zero attached hydrogens (tertiary/aromatic N) is 3. The summed E-state index contributed by atoms with van der Waals surface area (Å²) in [6, 6.07) is 1.19. The Morgan fingerprint density at radius 1 is 1.28 bits per heavy atom. The molecule has 1 aromatic heterocycles. The lowest BCUT2D eigenvalue weighted by Gasteiger charge is -2.36. The molecule has 0 unspecified atom stereocenters. The second-order valence-electron chi connectivity index (χ2n) is 6.63. The fourth-order valence-electron chi connectivity index (χ4n) is 3.36. The van der Waals surface area contributed by atoms with Gasteiger partial charge in [0.2, 0.25) is 0 Å². The highest BCUT2D eigenvalue weighted by atomic mass is 32.2. The van der Waals surface area contributed by atoms with Crippen molar-refractivity contribution >= 4 is 31.9 Å². The predicted molar refractivity (Wildman–Crippen MR) is 96.3 cm³/mol. The van der Waals surface area contributed by atoms with Crippen molar-refractivity contribution in [2.75, 3.05) is 57.1 Å². The van der Waals surface area contributed by atoms with Crippen LogP contribution in [0.2, 0.25) is 0 Å². The third kappa shape index (κ3) is 4.49. The van der Waals surface area contributed by atoms with E-state index in [-0.39, 0.29) is 9.90 Å². The highest BCUT2D eigenvalue weighted by Gasteiger charge is 2.30. The Balaban J connectivity index is 1.66. The lowest BCUT2D eigenvalue weighted by molar-refractivity contribution is -0.383. The molecule has 0 amide bonds. The summed E-state index contributed by atoms with van der Waals surface area (Å²) < 4.78 is 28.9. The van der Waals surface area contributed by atoms with Crippen LogP contribution in [0.5, 0.6) is 0 Å². The summed E-state index contributed by atoms with van der Waals surface area (Å²) in [5, 5.41) is 11.8. The van der Waals surface area contributed by atoms with Crippen molar-refractivity contribution in [1.82, 2.24) is 4.90 Å². The van der Waals surface area contributed by atoms with Gasteiger partial charge in [0.1, 0.15) is 4.21 Å². The molecule has 2 saturated heterocycles.